The van der Waals surface area contributed by atoms with Gasteiger partial charge in [-0.15, -0.1) is 0 Å². The lowest BCUT2D eigenvalue weighted by molar-refractivity contribution is -0.136. The van der Waals surface area contributed by atoms with Crippen LogP contribution in [0.2, 0.25) is 0 Å². The molecule has 4 heterocycles. The standard InChI is InChI=1S/C20H25N5O3/c1-22-5-6-24-13(10-22)11-23(2)16-8-14-12(7-17(16)24)9-25(20(14)28)15-3-4-18(26)21-19(15)27/h7-8,13,15H,3-6,9-11H2,1-2H3,(H,21,26,27)/t13-,15?/m0/s1. The molecule has 0 spiro atoms. The highest BCUT2D eigenvalue weighted by atomic mass is 16.2. The summed E-state index contributed by atoms with van der Waals surface area (Å²) in [6, 6.07) is 4.01. The Bertz CT molecular complexity index is 885. The number of fused-ring (bicyclic) bond motifs is 4. The van der Waals surface area contributed by atoms with Gasteiger partial charge in [-0.1, -0.05) is 0 Å². The van der Waals surface area contributed by atoms with E-state index in [0.29, 0.717) is 24.6 Å². The van der Waals surface area contributed by atoms with Gasteiger partial charge in [0.15, 0.2) is 0 Å². The molecular formula is C20H25N5O3. The highest BCUT2D eigenvalue weighted by Crippen LogP contribution is 2.41. The number of benzene rings is 1. The molecule has 0 saturated carbocycles. The molecule has 148 valence electrons. The smallest absolute Gasteiger partial charge is 0.255 e. The SMILES string of the molecule is CN1CCN2c3cc4c(cc3N(C)C[C@@H]2C1)C(=O)N(C1CCC(=O)NC1=O)C4. The number of nitrogens with zero attached hydrogens (tertiary/aromatic N) is 4. The van der Waals surface area contributed by atoms with Gasteiger partial charge < -0.3 is 19.6 Å². The van der Waals surface area contributed by atoms with Crippen molar-refractivity contribution in [2.24, 2.45) is 0 Å². The molecule has 0 aromatic heterocycles. The first-order valence-corrected chi connectivity index (χ1v) is 9.90. The van der Waals surface area contributed by atoms with E-state index in [9.17, 15) is 14.4 Å². The minimum Gasteiger partial charge on any atom is -0.371 e. The second-order valence-corrected chi connectivity index (χ2v) is 8.39. The summed E-state index contributed by atoms with van der Waals surface area (Å²) in [5.41, 5.74) is 3.92. The van der Waals surface area contributed by atoms with Crippen molar-refractivity contribution in [1.82, 2.24) is 15.1 Å². The van der Waals surface area contributed by atoms with Gasteiger partial charge >= 0.3 is 0 Å². The van der Waals surface area contributed by atoms with Crippen molar-refractivity contribution >= 4 is 29.1 Å². The van der Waals surface area contributed by atoms with E-state index in [1.165, 1.54) is 5.69 Å². The molecule has 0 radical (unpaired) electrons. The Morgan fingerprint density at radius 2 is 1.82 bits per heavy atom. The maximum absolute atomic E-state index is 13.1. The van der Waals surface area contributed by atoms with Gasteiger partial charge in [-0.05, 0) is 31.2 Å². The molecule has 3 amide bonds. The van der Waals surface area contributed by atoms with E-state index in [1.54, 1.807) is 4.90 Å². The molecule has 4 aliphatic heterocycles. The molecule has 2 saturated heterocycles. The average Bonchev–Trinajstić information content (AvgIpc) is 2.96. The quantitative estimate of drug-likeness (QED) is 0.689. The Hall–Kier alpha value is -2.61. The number of anilines is 2. The summed E-state index contributed by atoms with van der Waals surface area (Å²) in [7, 11) is 4.24. The normalized spacial score (nSPS) is 27.5. The van der Waals surface area contributed by atoms with Crippen LogP contribution in [-0.2, 0) is 16.1 Å². The molecule has 28 heavy (non-hydrogen) atoms. The molecule has 1 N–H and O–H groups in total. The van der Waals surface area contributed by atoms with Crippen molar-refractivity contribution < 1.29 is 14.4 Å². The highest BCUT2D eigenvalue weighted by molar-refractivity contribution is 6.06. The second kappa shape index (κ2) is 6.20. The zero-order valence-corrected chi connectivity index (χ0v) is 16.3. The van der Waals surface area contributed by atoms with Crippen LogP contribution in [0, 0.1) is 0 Å². The number of hydrogen-bond donors (Lipinski definition) is 1. The van der Waals surface area contributed by atoms with Crippen LogP contribution in [0.4, 0.5) is 11.4 Å². The van der Waals surface area contributed by atoms with Crippen LogP contribution >= 0.6 is 0 Å². The fraction of sp³-hybridized carbons (Fsp3) is 0.550. The lowest BCUT2D eigenvalue weighted by Crippen LogP contribution is -2.58. The average molecular weight is 383 g/mol. The monoisotopic (exact) mass is 383 g/mol. The van der Waals surface area contributed by atoms with Gasteiger partial charge in [-0.2, -0.15) is 0 Å². The number of imide groups is 1. The predicted octanol–water partition coefficient (Wildman–Crippen LogP) is 0.0178. The molecule has 5 rings (SSSR count). The van der Waals surface area contributed by atoms with Crippen molar-refractivity contribution in [2.45, 2.75) is 31.5 Å². The van der Waals surface area contributed by atoms with E-state index in [0.717, 1.165) is 37.4 Å². The van der Waals surface area contributed by atoms with Crippen LogP contribution in [0.15, 0.2) is 12.1 Å². The molecule has 4 aliphatic rings. The third kappa shape index (κ3) is 2.58. The molecule has 8 heteroatoms. The van der Waals surface area contributed by atoms with E-state index < -0.39 is 6.04 Å². The van der Waals surface area contributed by atoms with Crippen molar-refractivity contribution in [3.05, 3.63) is 23.3 Å². The Balaban J connectivity index is 1.48. The molecule has 1 aromatic rings. The van der Waals surface area contributed by atoms with Crippen LogP contribution in [0.3, 0.4) is 0 Å². The molecule has 1 unspecified atom stereocenters. The molecule has 2 atom stereocenters. The van der Waals surface area contributed by atoms with E-state index in [2.05, 4.69) is 40.2 Å². The zero-order valence-electron chi connectivity index (χ0n) is 16.3. The van der Waals surface area contributed by atoms with Crippen LogP contribution in [0.5, 0.6) is 0 Å². The van der Waals surface area contributed by atoms with Crippen molar-refractivity contribution in [2.75, 3.05) is 50.1 Å². The molecular weight excluding hydrogens is 358 g/mol. The van der Waals surface area contributed by atoms with E-state index in [-0.39, 0.29) is 24.1 Å². The summed E-state index contributed by atoms with van der Waals surface area (Å²) in [5, 5.41) is 2.36. The van der Waals surface area contributed by atoms with Crippen LogP contribution in [0.25, 0.3) is 0 Å². The Morgan fingerprint density at radius 1 is 1.00 bits per heavy atom. The van der Waals surface area contributed by atoms with Gasteiger partial charge in [-0.25, -0.2) is 0 Å². The number of hydrogen-bond acceptors (Lipinski definition) is 6. The van der Waals surface area contributed by atoms with Gasteiger partial charge in [-0.3, -0.25) is 19.7 Å². The van der Waals surface area contributed by atoms with Gasteiger partial charge in [0, 0.05) is 51.8 Å². The number of amides is 3. The third-order valence-corrected chi connectivity index (χ3v) is 6.51. The van der Waals surface area contributed by atoms with Gasteiger partial charge in [0.2, 0.25) is 11.8 Å². The number of nitrogens with one attached hydrogen (secondary N) is 1. The molecule has 1 aromatic carbocycles. The summed E-state index contributed by atoms with van der Waals surface area (Å²) in [6.45, 7) is 4.39. The fourth-order valence-corrected chi connectivity index (χ4v) is 5.03. The minimum atomic E-state index is -0.566. The number of carbonyl (C=O) groups is 3. The Kier molecular flexibility index (Phi) is 3.87. The first-order chi connectivity index (χ1) is 13.4. The number of piperazine rings is 1. The lowest BCUT2D eigenvalue weighted by atomic mass is 10.00. The lowest BCUT2D eigenvalue weighted by Gasteiger charge is -2.48. The number of carbonyl (C=O) groups excluding carboxylic acids is 3. The second-order valence-electron chi connectivity index (χ2n) is 8.39. The van der Waals surface area contributed by atoms with E-state index in [1.807, 2.05) is 6.07 Å². The molecule has 8 nitrogen and oxygen atoms in total. The first kappa shape index (κ1) is 17.5. The van der Waals surface area contributed by atoms with Crippen LogP contribution < -0.4 is 15.1 Å². The summed E-state index contributed by atoms with van der Waals surface area (Å²) in [5.74, 6) is -0.733. The van der Waals surface area contributed by atoms with Crippen molar-refractivity contribution in [3.8, 4) is 0 Å². The first-order valence-electron chi connectivity index (χ1n) is 9.90. The number of rotatable bonds is 1. The molecule has 0 aliphatic carbocycles. The summed E-state index contributed by atoms with van der Waals surface area (Å²) < 4.78 is 0. The summed E-state index contributed by atoms with van der Waals surface area (Å²) in [4.78, 5) is 45.5. The van der Waals surface area contributed by atoms with Crippen LogP contribution in [-0.4, -0.2) is 79.9 Å². The summed E-state index contributed by atoms with van der Waals surface area (Å²) >= 11 is 0. The van der Waals surface area contributed by atoms with E-state index in [4.69, 9.17) is 0 Å². The predicted molar refractivity (Wildman–Crippen MR) is 104 cm³/mol. The largest absolute Gasteiger partial charge is 0.371 e. The van der Waals surface area contributed by atoms with Crippen molar-refractivity contribution in [1.29, 1.82) is 0 Å². The van der Waals surface area contributed by atoms with Crippen LogP contribution in [0.1, 0.15) is 28.8 Å². The highest BCUT2D eigenvalue weighted by Gasteiger charge is 2.41. The topological polar surface area (TPSA) is 76.2 Å². The number of piperidine rings is 1. The molecule has 2 fully saturated rings. The number of likely N-dealkylation sites (N-methyl/N-ethyl adjacent to an activating group) is 2. The maximum Gasteiger partial charge on any atom is 0.255 e. The Morgan fingerprint density at radius 3 is 2.61 bits per heavy atom. The fourth-order valence-electron chi connectivity index (χ4n) is 5.03. The van der Waals surface area contributed by atoms with Crippen molar-refractivity contribution in [3.63, 3.8) is 0 Å². The summed E-state index contributed by atoms with van der Waals surface area (Å²) in [6.07, 6.45) is 0.670. The third-order valence-electron chi connectivity index (χ3n) is 6.51. The maximum atomic E-state index is 13.1. The van der Waals surface area contributed by atoms with E-state index >= 15 is 0 Å². The van der Waals surface area contributed by atoms with Gasteiger partial charge in [0.25, 0.3) is 5.91 Å². The minimum absolute atomic E-state index is 0.110. The van der Waals surface area contributed by atoms with Gasteiger partial charge in [0.05, 0.1) is 17.4 Å². The van der Waals surface area contributed by atoms with Gasteiger partial charge in [0.1, 0.15) is 6.04 Å². The molecule has 0 bridgehead atoms. The zero-order chi connectivity index (χ0) is 19.6. The Labute approximate surface area is 164 Å².